The van der Waals surface area contributed by atoms with Crippen molar-refractivity contribution in [3.63, 3.8) is 0 Å². The molecule has 0 heterocycles. The summed E-state index contributed by atoms with van der Waals surface area (Å²) in [4.78, 5) is 10.5. The summed E-state index contributed by atoms with van der Waals surface area (Å²) in [7, 11) is 0. The summed E-state index contributed by atoms with van der Waals surface area (Å²) in [5.41, 5.74) is 0.350. The van der Waals surface area contributed by atoms with E-state index in [1.165, 1.54) is 0 Å². The first-order valence-electron chi connectivity index (χ1n) is 5.71. The third-order valence-corrected chi connectivity index (χ3v) is 2.11. The Morgan fingerprint density at radius 2 is 2.00 bits per heavy atom. The molecule has 16 heavy (non-hydrogen) atoms. The van der Waals surface area contributed by atoms with Crippen LogP contribution in [-0.2, 0) is 14.3 Å². The van der Waals surface area contributed by atoms with Crippen LogP contribution in [0.4, 0.5) is 0 Å². The molecule has 0 fully saturated rings. The van der Waals surface area contributed by atoms with E-state index in [1.54, 1.807) is 13.0 Å². The highest BCUT2D eigenvalue weighted by Gasteiger charge is 2.01. The Kier molecular flexibility index (Phi) is 8.85. The third-order valence-electron chi connectivity index (χ3n) is 2.11. The lowest BCUT2D eigenvalue weighted by molar-refractivity contribution is -0.132. The summed E-state index contributed by atoms with van der Waals surface area (Å²) in [6, 6.07) is 0. The van der Waals surface area contributed by atoms with Crippen LogP contribution in [0.15, 0.2) is 11.6 Å². The maximum absolute atomic E-state index is 10.5. The lowest BCUT2D eigenvalue weighted by Gasteiger charge is -2.13. The van der Waals surface area contributed by atoms with E-state index >= 15 is 0 Å². The smallest absolute Gasteiger partial charge is 0.330 e. The van der Waals surface area contributed by atoms with E-state index < -0.39 is 5.97 Å². The fraction of sp³-hybridized carbons (Fsp3) is 0.750. The topological polar surface area (TPSA) is 55.8 Å². The van der Waals surface area contributed by atoms with Gasteiger partial charge in [-0.2, -0.15) is 0 Å². The van der Waals surface area contributed by atoms with Crippen molar-refractivity contribution in [3.05, 3.63) is 11.6 Å². The highest BCUT2D eigenvalue weighted by Crippen LogP contribution is 2.00. The summed E-state index contributed by atoms with van der Waals surface area (Å²) < 4.78 is 10.7. The first-order valence-corrected chi connectivity index (χ1v) is 5.71. The predicted octanol–water partition coefficient (Wildman–Crippen LogP) is 2.59. The first kappa shape index (κ1) is 15.1. The van der Waals surface area contributed by atoms with Crippen LogP contribution in [0, 0.1) is 0 Å². The Bertz CT molecular complexity index is 223. The molecular formula is C12H22O4. The predicted molar refractivity (Wildman–Crippen MR) is 62.3 cm³/mol. The Labute approximate surface area is 97.2 Å². The number of aliphatic carboxylic acids is 1. The molecule has 1 N–H and O–H groups in total. The van der Waals surface area contributed by atoms with E-state index in [0.29, 0.717) is 25.2 Å². The van der Waals surface area contributed by atoms with Gasteiger partial charge in [-0.15, -0.1) is 0 Å². The van der Waals surface area contributed by atoms with E-state index in [0.717, 1.165) is 12.8 Å². The number of rotatable bonds is 9. The highest BCUT2D eigenvalue weighted by atomic mass is 16.7. The van der Waals surface area contributed by atoms with Crippen molar-refractivity contribution in [3.8, 4) is 0 Å². The zero-order valence-electron chi connectivity index (χ0n) is 10.4. The van der Waals surface area contributed by atoms with Crippen molar-refractivity contribution < 1.29 is 19.4 Å². The Morgan fingerprint density at radius 3 is 2.56 bits per heavy atom. The summed E-state index contributed by atoms with van der Waals surface area (Å²) in [5.74, 6) is -0.882. The second-order valence-corrected chi connectivity index (χ2v) is 3.64. The van der Waals surface area contributed by atoms with Gasteiger partial charge in [-0.3, -0.25) is 0 Å². The summed E-state index contributed by atoms with van der Waals surface area (Å²) in [5, 5.41) is 8.60. The first-order chi connectivity index (χ1) is 7.57. The Morgan fingerprint density at radius 1 is 1.38 bits per heavy atom. The average molecular weight is 230 g/mol. The minimum absolute atomic E-state index is 0.218. The van der Waals surface area contributed by atoms with Crippen LogP contribution in [0.2, 0.25) is 0 Å². The van der Waals surface area contributed by atoms with Gasteiger partial charge in [0, 0.05) is 12.2 Å². The van der Waals surface area contributed by atoms with E-state index in [-0.39, 0.29) is 6.29 Å². The van der Waals surface area contributed by atoms with Gasteiger partial charge in [0.05, 0.1) is 6.61 Å². The summed E-state index contributed by atoms with van der Waals surface area (Å²) in [6.45, 7) is 6.72. The fourth-order valence-electron chi connectivity index (χ4n) is 1.04. The van der Waals surface area contributed by atoms with E-state index in [4.69, 9.17) is 14.6 Å². The van der Waals surface area contributed by atoms with Gasteiger partial charge in [0.25, 0.3) is 0 Å². The molecule has 0 radical (unpaired) electrons. The van der Waals surface area contributed by atoms with Crippen molar-refractivity contribution in [1.82, 2.24) is 0 Å². The minimum atomic E-state index is -0.882. The molecule has 0 aliphatic heterocycles. The molecule has 0 spiro atoms. The Balaban J connectivity index is 3.51. The number of hydrogen-bond acceptors (Lipinski definition) is 3. The monoisotopic (exact) mass is 230 g/mol. The maximum Gasteiger partial charge on any atom is 0.330 e. The van der Waals surface area contributed by atoms with Crippen LogP contribution in [0.3, 0.4) is 0 Å². The quantitative estimate of drug-likeness (QED) is 0.376. The third kappa shape index (κ3) is 8.44. The van der Waals surface area contributed by atoms with E-state index in [2.05, 4.69) is 6.92 Å². The van der Waals surface area contributed by atoms with Crippen molar-refractivity contribution in [2.45, 2.75) is 46.3 Å². The van der Waals surface area contributed by atoms with Gasteiger partial charge in [0.15, 0.2) is 6.29 Å². The van der Waals surface area contributed by atoms with Crippen molar-refractivity contribution in [2.24, 2.45) is 0 Å². The molecule has 0 saturated heterocycles. The minimum Gasteiger partial charge on any atom is -0.478 e. The zero-order valence-corrected chi connectivity index (χ0v) is 10.4. The summed E-state index contributed by atoms with van der Waals surface area (Å²) in [6.07, 6.45) is 4.17. The van der Waals surface area contributed by atoms with Gasteiger partial charge in [-0.25, -0.2) is 4.79 Å². The number of hydrogen-bond donors (Lipinski definition) is 1. The van der Waals surface area contributed by atoms with Gasteiger partial charge < -0.3 is 14.6 Å². The van der Waals surface area contributed by atoms with E-state index in [9.17, 15) is 4.79 Å². The Hall–Kier alpha value is -0.870. The molecule has 0 aromatic rings. The van der Waals surface area contributed by atoms with Gasteiger partial charge in [0.1, 0.15) is 0 Å². The lowest BCUT2D eigenvalue weighted by atomic mass is 10.2. The van der Waals surface area contributed by atoms with E-state index in [1.807, 2.05) is 6.92 Å². The molecule has 0 saturated carbocycles. The van der Waals surface area contributed by atoms with Gasteiger partial charge in [-0.05, 0) is 26.7 Å². The molecule has 0 rings (SSSR count). The lowest BCUT2D eigenvalue weighted by Crippen LogP contribution is -2.14. The number of ether oxygens (including phenoxy) is 2. The van der Waals surface area contributed by atoms with Gasteiger partial charge in [0.2, 0.25) is 0 Å². The van der Waals surface area contributed by atoms with Gasteiger partial charge in [-0.1, -0.05) is 19.4 Å². The van der Waals surface area contributed by atoms with Crippen LogP contribution in [0.25, 0.3) is 0 Å². The van der Waals surface area contributed by atoms with Crippen molar-refractivity contribution in [1.29, 1.82) is 0 Å². The molecule has 0 aromatic heterocycles. The second-order valence-electron chi connectivity index (χ2n) is 3.64. The van der Waals surface area contributed by atoms with Crippen LogP contribution in [-0.4, -0.2) is 30.6 Å². The SMILES string of the molecule is CCCCOC(C)OCCC=C(C)C(=O)O. The van der Waals surface area contributed by atoms with Crippen LogP contribution in [0.1, 0.15) is 40.0 Å². The maximum atomic E-state index is 10.5. The molecule has 1 unspecified atom stereocenters. The highest BCUT2D eigenvalue weighted by molar-refractivity contribution is 5.85. The average Bonchev–Trinajstić information content (AvgIpc) is 2.24. The van der Waals surface area contributed by atoms with Crippen molar-refractivity contribution >= 4 is 5.97 Å². The molecule has 94 valence electrons. The number of carboxylic acids is 1. The van der Waals surface area contributed by atoms with Crippen LogP contribution >= 0.6 is 0 Å². The standard InChI is InChI=1S/C12H22O4/c1-4-5-8-15-11(3)16-9-6-7-10(2)12(13)14/h7,11H,4-6,8-9H2,1-3H3,(H,13,14). The number of carbonyl (C=O) groups is 1. The molecule has 1 atom stereocenters. The zero-order chi connectivity index (χ0) is 12.4. The van der Waals surface area contributed by atoms with Gasteiger partial charge >= 0.3 is 5.97 Å². The van der Waals surface area contributed by atoms with Crippen molar-refractivity contribution in [2.75, 3.05) is 13.2 Å². The molecule has 0 aliphatic rings. The largest absolute Gasteiger partial charge is 0.478 e. The number of unbranched alkanes of at least 4 members (excludes halogenated alkanes) is 1. The molecule has 4 heteroatoms. The molecular weight excluding hydrogens is 208 g/mol. The number of carboxylic acid groups (broad SMARTS) is 1. The normalized spacial score (nSPS) is 13.8. The fourth-order valence-corrected chi connectivity index (χ4v) is 1.04. The molecule has 0 bridgehead atoms. The molecule has 0 amide bonds. The molecule has 0 aliphatic carbocycles. The second kappa shape index (κ2) is 9.36. The summed E-state index contributed by atoms with van der Waals surface area (Å²) >= 11 is 0. The molecule has 0 aromatic carbocycles. The van der Waals surface area contributed by atoms with Crippen LogP contribution < -0.4 is 0 Å². The molecule has 4 nitrogen and oxygen atoms in total. The van der Waals surface area contributed by atoms with Crippen LogP contribution in [0.5, 0.6) is 0 Å².